The van der Waals surface area contributed by atoms with E-state index in [-0.39, 0.29) is 17.9 Å². The molecule has 3 aromatic rings. The lowest BCUT2D eigenvalue weighted by molar-refractivity contribution is -0.118. The maximum atomic E-state index is 12.0. The average Bonchev–Trinajstić information content (AvgIpc) is 2.68. The number of para-hydroxylation sites is 1. The average molecular weight is 375 g/mol. The van der Waals surface area contributed by atoms with E-state index in [2.05, 4.69) is 60.7 Å². The third kappa shape index (κ3) is 5.58. The molecule has 5 nitrogen and oxygen atoms in total. The fraction of sp³-hybridized carbons (Fsp3) is 0.217. The third-order valence-corrected chi connectivity index (χ3v) is 4.18. The van der Waals surface area contributed by atoms with Crippen LogP contribution in [0.1, 0.15) is 26.3 Å². The number of benzene rings is 2. The van der Waals surface area contributed by atoms with Gasteiger partial charge >= 0.3 is 0 Å². The van der Waals surface area contributed by atoms with E-state index in [0.29, 0.717) is 11.6 Å². The van der Waals surface area contributed by atoms with Crippen molar-refractivity contribution in [2.75, 3.05) is 17.2 Å². The Hall–Kier alpha value is -3.34. The summed E-state index contributed by atoms with van der Waals surface area (Å²) in [7, 11) is 0. The van der Waals surface area contributed by atoms with Crippen LogP contribution < -0.4 is 15.4 Å². The SMILES string of the molecule is CC(C)(C)c1ccc(Nc2ccc(NC(=O)COc3ccccc3)nc2)cc1. The van der Waals surface area contributed by atoms with Gasteiger partial charge in [0, 0.05) is 5.69 Å². The predicted molar refractivity (Wildman–Crippen MR) is 113 cm³/mol. The van der Waals surface area contributed by atoms with E-state index in [1.54, 1.807) is 24.4 Å². The van der Waals surface area contributed by atoms with Crippen LogP contribution in [0.5, 0.6) is 5.75 Å². The lowest BCUT2D eigenvalue weighted by atomic mass is 9.87. The molecule has 1 heterocycles. The molecule has 0 unspecified atom stereocenters. The summed E-state index contributed by atoms with van der Waals surface area (Å²) in [4.78, 5) is 16.3. The van der Waals surface area contributed by atoms with Crippen molar-refractivity contribution in [3.8, 4) is 5.75 Å². The highest BCUT2D eigenvalue weighted by atomic mass is 16.5. The van der Waals surface area contributed by atoms with Crippen LogP contribution in [0.25, 0.3) is 0 Å². The van der Waals surface area contributed by atoms with E-state index in [1.807, 2.05) is 24.3 Å². The fourth-order valence-corrected chi connectivity index (χ4v) is 2.61. The first kappa shape index (κ1) is 19.4. The van der Waals surface area contributed by atoms with Crippen LogP contribution >= 0.6 is 0 Å². The van der Waals surface area contributed by atoms with Gasteiger partial charge < -0.3 is 15.4 Å². The standard InChI is InChI=1S/C23H25N3O2/c1-23(2,3)17-9-11-18(12-10-17)25-19-13-14-21(24-15-19)26-22(27)16-28-20-7-5-4-6-8-20/h4-15,25H,16H2,1-3H3,(H,24,26,27). The fourth-order valence-electron chi connectivity index (χ4n) is 2.61. The molecule has 3 rings (SSSR count). The van der Waals surface area contributed by atoms with Crippen LogP contribution in [-0.4, -0.2) is 17.5 Å². The molecule has 0 bridgehead atoms. The normalized spacial score (nSPS) is 11.0. The van der Waals surface area contributed by atoms with Crippen molar-refractivity contribution in [2.24, 2.45) is 0 Å². The van der Waals surface area contributed by atoms with Crippen molar-refractivity contribution < 1.29 is 9.53 Å². The quantitative estimate of drug-likeness (QED) is 0.626. The van der Waals surface area contributed by atoms with Crippen LogP contribution in [0, 0.1) is 0 Å². The van der Waals surface area contributed by atoms with Crippen LogP contribution in [0.15, 0.2) is 72.9 Å². The number of carbonyl (C=O) groups is 1. The van der Waals surface area contributed by atoms with Crippen LogP contribution in [0.2, 0.25) is 0 Å². The van der Waals surface area contributed by atoms with Crippen molar-refractivity contribution in [1.82, 2.24) is 4.98 Å². The maximum absolute atomic E-state index is 12.0. The van der Waals surface area contributed by atoms with Crippen LogP contribution in [0.4, 0.5) is 17.2 Å². The smallest absolute Gasteiger partial charge is 0.263 e. The van der Waals surface area contributed by atoms with Gasteiger partial charge in [-0.15, -0.1) is 0 Å². The Balaban J connectivity index is 1.52. The van der Waals surface area contributed by atoms with Gasteiger partial charge in [0.05, 0.1) is 11.9 Å². The number of nitrogens with zero attached hydrogens (tertiary/aromatic N) is 1. The number of amides is 1. The molecular weight excluding hydrogens is 350 g/mol. The topological polar surface area (TPSA) is 63.2 Å². The first-order valence-electron chi connectivity index (χ1n) is 9.21. The lowest BCUT2D eigenvalue weighted by Crippen LogP contribution is -2.20. The molecule has 1 amide bonds. The third-order valence-electron chi connectivity index (χ3n) is 4.18. The van der Waals surface area contributed by atoms with Gasteiger partial charge in [-0.3, -0.25) is 4.79 Å². The van der Waals surface area contributed by atoms with Crippen molar-refractivity contribution in [1.29, 1.82) is 0 Å². The number of hydrogen-bond donors (Lipinski definition) is 2. The van der Waals surface area contributed by atoms with Crippen LogP contribution in [-0.2, 0) is 10.2 Å². The number of carbonyl (C=O) groups excluding carboxylic acids is 1. The first-order valence-corrected chi connectivity index (χ1v) is 9.21. The van der Waals surface area contributed by atoms with Gasteiger partial charge in [0.1, 0.15) is 11.6 Å². The predicted octanol–water partition coefficient (Wildman–Crippen LogP) is 5.14. The highest BCUT2D eigenvalue weighted by molar-refractivity contribution is 5.91. The molecule has 0 aliphatic carbocycles. The van der Waals surface area contributed by atoms with Gasteiger partial charge in [-0.25, -0.2) is 4.98 Å². The summed E-state index contributed by atoms with van der Waals surface area (Å²) in [6, 6.07) is 21.2. The lowest BCUT2D eigenvalue weighted by Gasteiger charge is -2.19. The summed E-state index contributed by atoms with van der Waals surface area (Å²) in [5, 5.41) is 6.03. The van der Waals surface area contributed by atoms with Crippen molar-refractivity contribution in [2.45, 2.75) is 26.2 Å². The van der Waals surface area contributed by atoms with Gasteiger partial charge in [-0.2, -0.15) is 0 Å². The van der Waals surface area contributed by atoms with E-state index >= 15 is 0 Å². The van der Waals surface area contributed by atoms with E-state index < -0.39 is 0 Å². The summed E-state index contributed by atoms with van der Waals surface area (Å²) in [5.41, 5.74) is 3.25. The van der Waals surface area contributed by atoms with Gasteiger partial charge in [0.2, 0.25) is 0 Å². The minimum Gasteiger partial charge on any atom is -0.484 e. The molecule has 5 heteroatoms. The number of hydrogen-bond acceptors (Lipinski definition) is 4. The second-order valence-electron chi connectivity index (χ2n) is 7.53. The van der Waals surface area contributed by atoms with Gasteiger partial charge in [0.25, 0.3) is 5.91 Å². The van der Waals surface area contributed by atoms with Gasteiger partial charge in [-0.1, -0.05) is 51.1 Å². The first-order chi connectivity index (χ1) is 13.4. The Morgan fingerprint density at radius 1 is 0.929 bits per heavy atom. The highest BCUT2D eigenvalue weighted by Gasteiger charge is 2.12. The van der Waals surface area contributed by atoms with E-state index in [0.717, 1.165) is 11.4 Å². The molecule has 144 valence electrons. The molecule has 0 radical (unpaired) electrons. The van der Waals surface area contributed by atoms with E-state index in [9.17, 15) is 4.79 Å². The summed E-state index contributed by atoms with van der Waals surface area (Å²) in [6.45, 7) is 6.51. The number of ether oxygens (including phenoxy) is 1. The van der Waals surface area contributed by atoms with Crippen molar-refractivity contribution >= 4 is 23.1 Å². The molecular formula is C23H25N3O2. The minimum atomic E-state index is -0.255. The molecule has 0 aliphatic heterocycles. The van der Waals surface area contributed by atoms with Gasteiger partial charge in [0.15, 0.2) is 6.61 Å². The summed E-state index contributed by atoms with van der Waals surface area (Å²) >= 11 is 0. The minimum absolute atomic E-state index is 0.0637. The Labute approximate surface area is 165 Å². The molecule has 2 aromatic carbocycles. The molecule has 0 saturated heterocycles. The second-order valence-corrected chi connectivity index (χ2v) is 7.53. The Kier molecular flexibility index (Phi) is 5.94. The Morgan fingerprint density at radius 2 is 1.61 bits per heavy atom. The summed E-state index contributed by atoms with van der Waals surface area (Å²) in [5.74, 6) is 0.882. The zero-order valence-electron chi connectivity index (χ0n) is 16.4. The van der Waals surface area contributed by atoms with Crippen LogP contribution in [0.3, 0.4) is 0 Å². The number of aromatic nitrogens is 1. The number of rotatable bonds is 6. The molecule has 0 aliphatic rings. The number of pyridine rings is 1. The molecule has 28 heavy (non-hydrogen) atoms. The molecule has 2 N–H and O–H groups in total. The zero-order chi connectivity index (χ0) is 20.0. The van der Waals surface area contributed by atoms with E-state index in [4.69, 9.17) is 4.74 Å². The summed E-state index contributed by atoms with van der Waals surface area (Å²) in [6.07, 6.45) is 1.69. The molecule has 0 atom stereocenters. The Bertz CT molecular complexity index is 899. The van der Waals surface area contributed by atoms with Crippen molar-refractivity contribution in [3.05, 3.63) is 78.5 Å². The second kappa shape index (κ2) is 8.57. The molecule has 1 aromatic heterocycles. The molecule has 0 saturated carbocycles. The number of anilines is 3. The van der Waals surface area contributed by atoms with Gasteiger partial charge in [-0.05, 0) is 47.4 Å². The Morgan fingerprint density at radius 3 is 2.21 bits per heavy atom. The maximum Gasteiger partial charge on any atom is 0.263 e. The zero-order valence-corrected chi connectivity index (χ0v) is 16.4. The highest BCUT2D eigenvalue weighted by Crippen LogP contribution is 2.25. The number of nitrogens with one attached hydrogen (secondary N) is 2. The monoisotopic (exact) mass is 375 g/mol. The molecule has 0 fully saturated rings. The molecule has 0 spiro atoms. The van der Waals surface area contributed by atoms with Crippen molar-refractivity contribution in [3.63, 3.8) is 0 Å². The largest absolute Gasteiger partial charge is 0.484 e. The van der Waals surface area contributed by atoms with E-state index in [1.165, 1.54) is 5.56 Å². The summed E-state index contributed by atoms with van der Waals surface area (Å²) < 4.78 is 5.42.